The first kappa shape index (κ1) is 19.6. The van der Waals surface area contributed by atoms with Crippen LogP contribution in [0.1, 0.15) is 63.4 Å². The fraction of sp³-hybridized carbons (Fsp3) is 0.385. The minimum atomic E-state index is 0.272. The number of hydrogen-bond acceptors (Lipinski definition) is 3. The molecule has 29 heavy (non-hydrogen) atoms. The Morgan fingerprint density at radius 3 is 2.28 bits per heavy atom. The Hall–Kier alpha value is -2.68. The van der Waals surface area contributed by atoms with Gasteiger partial charge in [-0.2, -0.15) is 5.11 Å². The molecule has 3 nitrogen and oxygen atoms in total. The molecule has 1 aliphatic rings. The van der Waals surface area contributed by atoms with Crippen LogP contribution in [0.5, 0.6) is 5.75 Å². The van der Waals surface area contributed by atoms with Crippen LogP contribution < -0.4 is 0 Å². The van der Waals surface area contributed by atoms with E-state index < -0.39 is 0 Å². The molecule has 1 aliphatic carbocycles. The van der Waals surface area contributed by atoms with Gasteiger partial charge in [-0.1, -0.05) is 62.6 Å². The topological polar surface area (TPSA) is 45.0 Å². The number of azo groups is 1. The van der Waals surface area contributed by atoms with Crippen LogP contribution >= 0.6 is 0 Å². The average molecular weight is 387 g/mol. The van der Waals surface area contributed by atoms with Gasteiger partial charge in [0.05, 0.1) is 11.4 Å². The Labute approximate surface area is 173 Å². The Bertz CT molecular complexity index is 970. The van der Waals surface area contributed by atoms with E-state index in [0.29, 0.717) is 5.92 Å². The molecule has 4 rings (SSSR count). The van der Waals surface area contributed by atoms with Crippen molar-refractivity contribution in [1.29, 1.82) is 0 Å². The van der Waals surface area contributed by atoms with Crippen LogP contribution in [-0.4, -0.2) is 5.11 Å². The fourth-order valence-corrected chi connectivity index (χ4v) is 4.56. The van der Waals surface area contributed by atoms with Crippen molar-refractivity contribution in [3.63, 3.8) is 0 Å². The molecule has 1 saturated carbocycles. The van der Waals surface area contributed by atoms with Crippen LogP contribution in [-0.2, 0) is 0 Å². The van der Waals surface area contributed by atoms with E-state index in [9.17, 15) is 5.11 Å². The first-order chi connectivity index (χ1) is 14.2. The standard InChI is InChI=1S/C26H30N2O/c1-2-3-6-19-9-11-20(12-10-19)21-13-15-22(16-14-21)27-28-25-17-18-26(29)24-8-5-4-7-23(24)25/h4-5,7-8,13-20,29H,2-3,6,9-12H2,1H3. The molecule has 0 bridgehead atoms. The molecule has 0 saturated heterocycles. The van der Waals surface area contributed by atoms with E-state index >= 15 is 0 Å². The third-order valence-corrected chi connectivity index (χ3v) is 6.33. The summed E-state index contributed by atoms with van der Waals surface area (Å²) in [4.78, 5) is 0. The second kappa shape index (κ2) is 9.21. The summed E-state index contributed by atoms with van der Waals surface area (Å²) in [5.74, 6) is 1.91. The number of rotatable bonds is 6. The lowest BCUT2D eigenvalue weighted by atomic mass is 9.77. The summed E-state index contributed by atoms with van der Waals surface area (Å²) in [6.07, 6.45) is 9.49. The number of aromatic hydroxyl groups is 1. The molecule has 1 fully saturated rings. The molecule has 3 heteroatoms. The van der Waals surface area contributed by atoms with E-state index in [0.717, 1.165) is 28.1 Å². The SMILES string of the molecule is CCCCC1CCC(c2ccc(N=Nc3ccc(O)c4ccccc34)cc2)CC1. The van der Waals surface area contributed by atoms with E-state index in [-0.39, 0.29) is 5.75 Å². The monoisotopic (exact) mass is 386 g/mol. The van der Waals surface area contributed by atoms with Crippen LogP contribution in [0.3, 0.4) is 0 Å². The van der Waals surface area contributed by atoms with Crippen molar-refractivity contribution < 1.29 is 5.11 Å². The Morgan fingerprint density at radius 2 is 1.55 bits per heavy atom. The second-order valence-electron chi connectivity index (χ2n) is 8.30. The quantitative estimate of drug-likeness (QED) is 0.424. The minimum Gasteiger partial charge on any atom is -0.507 e. The van der Waals surface area contributed by atoms with Gasteiger partial charge >= 0.3 is 0 Å². The van der Waals surface area contributed by atoms with Crippen molar-refractivity contribution in [2.24, 2.45) is 16.1 Å². The molecular weight excluding hydrogens is 356 g/mol. The molecule has 0 unspecified atom stereocenters. The Kier molecular flexibility index (Phi) is 6.24. The van der Waals surface area contributed by atoms with Crippen molar-refractivity contribution in [3.8, 4) is 5.75 Å². The highest BCUT2D eigenvalue weighted by molar-refractivity contribution is 5.96. The van der Waals surface area contributed by atoms with Gasteiger partial charge in [0, 0.05) is 10.8 Å². The molecule has 0 heterocycles. The van der Waals surface area contributed by atoms with Gasteiger partial charge in [-0.05, 0) is 67.3 Å². The normalized spacial score (nSPS) is 19.8. The van der Waals surface area contributed by atoms with Crippen LogP contribution in [0.4, 0.5) is 11.4 Å². The van der Waals surface area contributed by atoms with Crippen molar-refractivity contribution in [1.82, 2.24) is 0 Å². The van der Waals surface area contributed by atoms with Gasteiger partial charge in [0.25, 0.3) is 0 Å². The summed E-state index contributed by atoms with van der Waals surface area (Å²) < 4.78 is 0. The van der Waals surface area contributed by atoms with Gasteiger partial charge in [-0.25, -0.2) is 0 Å². The summed E-state index contributed by atoms with van der Waals surface area (Å²) in [6, 6.07) is 19.8. The third-order valence-electron chi connectivity index (χ3n) is 6.33. The summed E-state index contributed by atoms with van der Waals surface area (Å²) >= 11 is 0. The lowest BCUT2D eigenvalue weighted by Crippen LogP contribution is -2.13. The predicted octanol–water partition coefficient (Wildman–Crippen LogP) is 8.42. The Morgan fingerprint density at radius 1 is 0.828 bits per heavy atom. The number of phenols is 1. The van der Waals surface area contributed by atoms with Crippen LogP contribution in [0.15, 0.2) is 70.9 Å². The molecular formula is C26H30N2O. The van der Waals surface area contributed by atoms with Crippen molar-refractivity contribution in [3.05, 3.63) is 66.2 Å². The lowest BCUT2D eigenvalue weighted by molar-refractivity contribution is 0.304. The van der Waals surface area contributed by atoms with Crippen molar-refractivity contribution in [2.45, 2.75) is 57.8 Å². The van der Waals surface area contributed by atoms with Gasteiger partial charge in [0.1, 0.15) is 5.75 Å². The summed E-state index contributed by atoms with van der Waals surface area (Å²) in [5.41, 5.74) is 3.07. The molecule has 0 atom stereocenters. The van der Waals surface area contributed by atoms with Gasteiger partial charge < -0.3 is 5.11 Å². The number of unbranched alkanes of at least 4 members (excludes halogenated alkanes) is 1. The van der Waals surface area contributed by atoms with Gasteiger partial charge in [-0.3, -0.25) is 0 Å². The maximum absolute atomic E-state index is 10.0. The van der Waals surface area contributed by atoms with E-state index in [4.69, 9.17) is 0 Å². The molecule has 0 aromatic heterocycles. The van der Waals surface area contributed by atoms with E-state index in [2.05, 4.69) is 41.4 Å². The first-order valence-electron chi connectivity index (χ1n) is 11.0. The molecule has 0 aliphatic heterocycles. The second-order valence-corrected chi connectivity index (χ2v) is 8.30. The zero-order chi connectivity index (χ0) is 20.1. The van der Waals surface area contributed by atoms with E-state index in [1.54, 1.807) is 6.07 Å². The summed E-state index contributed by atoms with van der Waals surface area (Å²) in [6.45, 7) is 2.29. The van der Waals surface area contributed by atoms with Crippen LogP contribution in [0, 0.1) is 5.92 Å². The number of benzene rings is 3. The van der Waals surface area contributed by atoms with E-state index in [1.807, 2.05) is 30.3 Å². The maximum Gasteiger partial charge on any atom is 0.123 e. The maximum atomic E-state index is 10.0. The average Bonchev–Trinajstić information content (AvgIpc) is 2.78. The molecule has 3 aromatic carbocycles. The van der Waals surface area contributed by atoms with Gasteiger partial charge in [0.15, 0.2) is 0 Å². The number of phenolic OH excluding ortho intramolecular Hbond substituents is 1. The molecule has 0 radical (unpaired) electrons. The highest BCUT2D eigenvalue weighted by Gasteiger charge is 2.21. The zero-order valence-corrected chi connectivity index (χ0v) is 17.2. The van der Waals surface area contributed by atoms with Gasteiger partial charge in [-0.15, -0.1) is 5.11 Å². The Balaban J connectivity index is 1.42. The molecule has 1 N–H and O–H groups in total. The fourth-order valence-electron chi connectivity index (χ4n) is 4.56. The van der Waals surface area contributed by atoms with Crippen LogP contribution in [0.2, 0.25) is 0 Å². The largest absolute Gasteiger partial charge is 0.507 e. The highest BCUT2D eigenvalue weighted by Crippen LogP contribution is 2.38. The third kappa shape index (κ3) is 4.67. The first-order valence-corrected chi connectivity index (χ1v) is 11.0. The number of fused-ring (bicyclic) bond motifs is 1. The smallest absolute Gasteiger partial charge is 0.123 e. The molecule has 0 amide bonds. The zero-order valence-electron chi connectivity index (χ0n) is 17.2. The van der Waals surface area contributed by atoms with Crippen molar-refractivity contribution >= 4 is 22.1 Å². The van der Waals surface area contributed by atoms with Crippen molar-refractivity contribution in [2.75, 3.05) is 0 Å². The van der Waals surface area contributed by atoms with E-state index in [1.165, 1.54) is 50.5 Å². The summed E-state index contributed by atoms with van der Waals surface area (Å²) in [7, 11) is 0. The molecule has 3 aromatic rings. The number of hydrogen-bond donors (Lipinski definition) is 1. The lowest BCUT2D eigenvalue weighted by Gasteiger charge is -2.28. The highest BCUT2D eigenvalue weighted by atomic mass is 16.3. The molecule has 150 valence electrons. The minimum absolute atomic E-state index is 0.272. The number of nitrogens with zero attached hydrogens (tertiary/aromatic N) is 2. The van der Waals surface area contributed by atoms with Crippen LogP contribution in [0.25, 0.3) is 10.8 Å². The van der Waals surface area contributed by atoms with Gasteiger partial charge in [0.2, 0.25) is 0 Å². The predicted molar refractivity (Wildman–Crippen MR) is 120 cm³/mol. The summed E-state index contributed by atoms with van der Waals surface area (Å²) in [5, 5.41) is 20.6. The molecule has 0 spiro atoms.